The Morgan fingerprint density at radius 1 is 1.22 bits per heavy atom. The molecule has 0 radical (unpaired) electrons. The zero-order chi connectivity index (χ0) is 12.4. The summed E-state index contributed by atoms with van der Waals surface area (Å²) in [6.07, 6.45) is 5.64. The zero-order valence-corrected chi connectivity index (χ0v) is 9.78. The molecular formula is C10H7FN6S. The van der Waals surface area contributed by atoms with Crippen molar-refractivity contribution in [1.29, 1.82) is 0 Å². The molecule has 3 aromatic rings. The fraction of sp³-hybridized carbons (Fsp3) is 0. The highest BCUT2D eigenvalue weighted by Gasteiger charge is 2.06. The number of rotatable bonds is 3. The minimum Gasteiger partial charge on any atom is -0.300 e. The van der Waals surface area contributed by atoms with Gasteiger partial charge in [-0.2, -0.15) is 5.10 Å². The molecule has 0 saturated heterocycles. The lowest BCUT2D eigenvalue weighted by molar-refractivity contribution is 0.614. The highest BCUT2D eigenvalue weighted by molar-refractivity contribution is 7.14. The molecule has 18 heavy (non-hydrogen) atoms. The van der Waals surface area contributed by atoms with E-state index in [1.165, 1.54) is 11.3 Å². The SMILES string of the molecule is Fc1cnc(Nc2nc(-c3cn[nH]c3)cs2)nc1. The third-order valence-corrected chi connectivity index (χ3v) is 2.89. The highest BCUT2D eigenvalue weighted by Crippen LogP contribution is 2.25. The number of aromatic nitrogens is 5. The number of aromatic amines is 1. The number of thiazole rings is 1. The van der Waals surface area contributed by atoms with Crippen LogP contribution in [-0.2, 0) is 0 Å². The average molecular weight is 262 g/mol. The van der Waals surface area contributed by atoms with Gasteiger partial charge in [-0.1, -0.05) is 0 Å². The Kier molecular flexibility index (Phi) is 2.69. The monoisotopic (exact) mass is 262 g/mol. The van der Waals surface area contributed by atoms with Crippen LogP contribution in [0.2, 0.25) is 0 Å². The summed E-state index contributed by atoms with van der Waals surface area (Å²) in [6.45, 7) is 0. The fourth-order valence-electron chi connectivity index (χ4n) is 1.33. The Balaban J connectivity index is 1.80. The third-order valence-electron chi connectivity index (χ3n) is 2.14. The van der Waals surface area contributed by atoms with Gasteiger partial charge in [0.15, 0.2) is 10.9 Å². The van der Waals surface area contributed by atoms with Gasteiger partial charge in [0.05, 0.1) is 24.3 Å². The maximum absolute atomic E-state index is 12.6. The average Bonchev–Trinajstić information content (AvgIpc) is 3.02. The Labute approximate surface area is 105 Å². The van der Waals surface area contributed by atoms with Crippen LogP contribution in [0.5, 0.6) is 0 Å². The second kappa shape index (κ2) is 4.49. The lowest BCUT2D eigenvalue weighted by Crippen LogP contribution is -1.96. The molecule has 90 valence electrons. The van der Waals surface area contributed by atoms with Crippen molar-refractivity contribution in [1.82, 2.24) is 25.1 Å². The standard InChI is InChI=1S/C10H7FN6S/c11-7-3-12-9(13-4-7)17-10-16-8(5-18-10)6-1-14-15-2-6/h1-5H,(H,14,15)(H,12,13,16,17). The summed E-state index contributed by atoms with van der Waals surface area (Å²) >= 11 is 1.41. The molecule has 3 aromatic heterocycles. The second-order valence-corrected chi connectivity index (χ2v) is 4.23. The van der Waals surface area contributed by atoms with E-state index in [1.54, 1.807) is 12.4 Å². The molecule has 0 bridgehead atoms. The third kappa shape index (κ3) is 2.18. The van der Waals surface area contributed by atoms with Gasteiger partial charge in [0.1, 0.15) is 0 Å². The van der Waals surface area contributed by atoms with Gasteiger partial charge in [-0.15, -0.1) is 11.3 Å². The lowest BCUT2D eigenvalue weighted by atomic mass is 10.3. The molecule has 8 heteroatoms. The minimum atomic E-state index is -0.473. The van der Waals surface area contributed by atoms with Gasteiger partial charge < -0.3 is 5.32 Å². The molecule has 0 amide bonds. The first-order chi connectivity index (χ1) is 8.81. The summed E-state index contributed by atoms with van der Waals surface area (Å²) in [5.41, 5.74) is 1.71. The van der Waals surface area contributed by atoms with Crippen molar-refractivity contribution in [3.63, 3.8) is 0 Å². The summed E-state index contributed by atoms with van der Waals surface area (Å²) in [5.74, 6) is -0.164. The first kappa shape index (κ1) is 10.8. The van der Waals surface area contributed by atoms with Crippen molar-refractivity contribution in [3.8, 4) is 11.3 Å². The van der Waals surface area contributed by atoms with E-state index in [0.717, 1.165) is 23.7 Å². The van der Waals surface area contributed by atoms with Gasteiger partial charge in [0, 0.05) is 17.1 Å². The van der Waals surface area contributed by atoms with Crippen LogP contribution < -0.4 is 5.32 Å². The van der Waals surface area contributed by atoms with Crippen LogP contribution in [0.1, 0.15) is 0 Å². The minimum absolute atomic E-state index is 0.310. The largest absolute Gasteiger partial charge is 0.300 e. The molecule has 3 heterocycles. The topological polar surface area (TPSA) is 79.4 Å². The smallest absolute Gasteiger partial charge is 0.229 e. The van der Waals surface area contributed by atoms with Crippen LogP contribution in [0, 0.1) is 5.82 Å². The molecule has 0 saturated carbocycles. The summed E-state index contributed by atoms with van der Waals surface area (Å²) in [7, 11) is 0. The van der Waals surface area contributed by atoms with E-state index in [4.69, 9.17) is 0 Å². The van der Waals surface area contributed by atoms with Crippen molar-refractivity contribution in [2.24, 2.45) is 0 Å². The maximum Gasteiger partial charge on any atom is 0.229 e. The molecule has 0 aliphatic carbocycles. The molecule has 0 atom stereocenters. The number of hydrogen-bond acceptors (Lipinski definition) is 6. The molecule has 0 unspecified atom stereocenters. The summed E-state index contributed by atoms with van der Waals surface area (Å²) in [4.78, 5) is 11.9. The number of anilines is 2. The van der Waals surface area contributed by atoms with E-state index in [0.29, 0.717) is 11.1 Å². The molecule has 0 aliphatic rings. The van der Waals surface area contributed by atoms with Crippen molar-refractivity contribution in [2.75, 3.05) is 5.32 Å². The lowest BCUT2D eigenvalue weighted by Gasteiger charge is -1.98. The Hall–Kier alpha value is -2.35. The van der Waals surface area contributed by atoms with E-state index in [-0.39, 0.29) is 0 Å². The second-order valence-electron chi connectivity index (χ2n) is 3.37. The number of H-pyrrole nitrogens is 1. The summed E-state index contributed by atoms with van der Waals surface area (Å²) in [6, 6.07) is 0. The molecule has 0 spiro atoms. The van der Waals surface area contributed by atoms with Crippen molar-refractivity contribution >= 4 is 22.4 Å². The van der Waals surface area contributed by atoms with Gasteiger partial charge in [0.25, 0.3) is 0 Å². The van der Waals surface area contributed by atoms with E-state index in [2.05, 4.69) is 30.5 Å². The first-order valence-electron chi connectivity index (χ1n) is 5.00. The number of hydrogen-bond donors (Lipinski definition) is 2. The van der Waals surface area contributed by atoms with Crippen LogP contribution in [0.4, 0.5) is 15.5 Å². The first-order valence-corrected chi connectivity index (χ1v) is 5.88. The fourth-order valence-corrected chi connectivity index (χ4v) is 2.04. The van der Waals surface area contributed by atoms with Gasteiger partial charge in [-0.05, 0) is 0 Å². The van der Waals surface area contributed by atoms with Crippen molar-refractivity contribution in [2.45, 2.75) is 0 Å². The molecule has 3 rings (SSSR count). The summed E-state index contributed by atoms with van der Waals surface area (Å²) in [5, 5.41) is 12.0. The number of nitrogens with zero attached hydrogens (tertiary/aromatic N) is 4. The van der Waals surface area contributed by atoms with E-state index >= 15 is 0 Å². The summed E-state index contributed by atoms with van der Waals surface area (Å²) < 4.78 is 12.6. The quantitative estimate of drug-likeness (QED) is 0.756. The van der Waals surface area contributed by atoms with Crippen molar-refractivity contribution < 1.29 is 4.39 Å². The van der Waals surface area contributed by atoms with Crippen LogP contribution in [0.25, 0.3) is 11.3 Å². The van der Waals surface area contributed by atoms with Crippen LogP contribution in [-0.4, -0.2) is 25.1 Å². The number of nitrogens with one attached hydrogen (secondary N) is 2. The van der Waals surface area contributed by atoms with Crippen LogP contribution >= 0.6 is 11.3 Å². The Morgan fingerprint density at radius 2 is 2.06 bits per heavy atom. The van der Waals surface area contributed by atoms with E-state index in [1.807, 2.05) is 5.38 Å². The van der Waals surface area contributed by atoms with E-state index < -0.39 is 5.82 Å². The predicted molar refractivity (Wildman–Crippen MR) is 65.0 cm³/mol. The molecule has 2 N–H and O–H groups in total. The van der Waals surface area contributed by atoms with Gasteiger partial charge in [0.2, 0.25) is 5.95 Å². The van der Waals surface area contributed by atoms with Gasteiger partial charge in [-0.3, -0.25) is 5.10 Å². The molecule has 0 aromatic carbocycles. The Morgan fingerprint density at radius 3 is 2.78 bits per heavy atom. The highest BCUT2D eigenvalue weighted by atomic mass is 32.1. The van der Waals surface area contributed by atoms with Gasteiger partial charge in [-0.25, -0.2) is 19.3 Å². The molecule has 0 aliphatic heterocycles. The normalized spacial score (nSPS) is 10.5. The molecule has 6 nitrogen and oxygen atoms in total. The predicted octanol–water partition coefficient (Wildman–Crippen LogP) is 2.21. The maximum atomic E-state index is 12.6. The zero-order valence-electron chi connectivity index (χ0n) is 8.96. The van der Waals surface area contributed by atoms with E-state index in [9.17, 15) is 4.39 Å². The molecule has 0 fully saturated rings. The van der Waals surface area contributed by atoms with Crippen LogP contribution in [0.3, 0.4) is 0 Å². The molecular weight excluding hydrogens is 255 g/mol. The number of halogens is 1. The van der Waals surface area contributed by atoms with Crippen LogP contribution in [0.15, 0.2) is 30.2 Å². The Bertz CT molecular complexity index is 633. The van der Waals surface area contributed by atoms with Gasteiger partial charge >= 0.3 is 0 Å². The van der Waals surface area contributed by atoms with Crippen molar-refractivity contribution in [3.05, 3.63) is 36.0 Å².